The van der Waals surface area contributed by atoms with E-state index >= 15 is 0 Å². The van der Waals surface area contributed by atoms with Crippen LogP contribution in [0.25, 0.3) is 0 Å². The summed E-state index contributed by atoms with van der Waals surface area (Å²) in [6, 6.07) is 5.58. The number of hydrogen-bond acceptors (Lipinski definition) is 2. The molecule has 2 atom stereocenters. The van der Waals surface area contributed by atoms with E-state index in [0.717, 1.165) is 6.42 Å². The number of amides is 1. The van der Waals surface area contributed by atoms with Crippen molar-refractivity contribution in [3.63, 3.8) is 0 Å². The van der Waals surface area contributed by atoms with E-state index in [4.69, 9.17) is 5.11 Å². The molecular weight excluding hydrogens is 249 g/mol. The predicted molar refractivity (Wildman–Crippen MR) is 68.3 cm³/mol. The summed E-state index contributed by atoms with van der Waals surface area (Å²) in [4.78, 5) is 24.8. The molecule has 2 unspecified atom stereocenters. The van der Waals surface area contributed by atoms with E-state index in [1.54, 1.807) is 7.05 Å². The first-order valence-corrected chi connectivity index (χ1v) is 6.26. The van der Waals surface area contributed by atoms with Gasteiger partial charge in [0.1, 0.15) is 5.82 Å². The molecule has 1 N–H and O–H groups in total. The van der Waals surface area contributed by atoms with E-state index in [1.807, 2.05) is 0 Å². The molecule has 0 bridgehead atoms. The maximum Gasteiger partial charge on any atom is 0.307 e. The van der Waals surface area contributed by atoms with Gasteiger partial charge in [-0.2, -0.15) is 0 Å². The van der Waals surface area contributed by atoms with Gasteiger partial charge < -0.3 is 10.0 Å². The van der Waals surface area contributed by atoms with Gasteiger partial charge in [0.15, 0.2) is 0 Å². The number of carboxylic acid groups (broad SMARTS) is 1. The van der Waals surface area contributed by atoms with E-state index in [0.29, 0.717) is 18.5 Å². The van der Waals surface area contributed by atoms with Crippen molar-refractivity contribution in [3.8, 4) is 0 Å². The van der Waals surface area contributed by atoms with Crippen molar-refractivity contribution in [2.24, 2.45) is 11.8 Å². The third kappa shape index (κ3) is 2.75. The third-order valence-electron chi connectivity index (χ3n) is 3.69. The lowest BCUT2D eigenvalue weighted by Gasteiger charge is -2.23. The first-order chi connectivity index (χ1) is 9.00. The van der Waals surface area contributed by atoms with Crippen LogP contribution >= 0.6 is 0 Å². The molecular formula is C14H16FNO3. The number of carbonyl (C=O) groups excluding carboxylic acids is 1. The monoisotopic (exact) mass is 265 g/mol. The van der Waals surface area contributed by atoms with Crippen LogP contribution in [0.1, 0.15) is 19.3 Å². The lowest BCUT2D eigenvalue weighted by molar-refractivity contribution is -0.145. The maximum atomic E-state index is 12.8. The highest BCUT2D eigenvalue weighted by Gasteiger charge is 2.39. The molecule has 1 aliphatic rings. The number of hydrogen-bond donors (Lipinski definition) is 1. The molecule has 2 rings (SSSR count). The van der Waals surface area contributed by atoms with Gasteiger partial charge in [0.05, 0.1) is 11.8 Å². The van der Waals surface area contributed by atoms with Crippen molar-refractivity contribution < 1.29 is 19.1 Å². The van der Waals surface area contributed by atoms with Crippen LogP contribution in [0.4, 0.5) is 10.1 Å². The number of carbonyl (C=O) groups is 2. The molecule has 4 nitrogen and oxygen atoms in total. The summed E-state index contributed by atoms with van der Waals surface area (Å²) in [6.07, 6.45) is 1.90. The summed E-state index contributed by atoms with van der Waals surface area (Å²) in [6.45, 7) is 0. The van der Waals surface area contributed by atoms with Gasteiger partial charge in [0, 0.05) is 12.7 Å². The largest absolute Gasteiger partial charge is 0.481 e. The molecule has 0 aliphatic heterocycles. The van der Waals surface area contributed by atoms with Crippen LogP contribution in [0, 0.1) is 17.7 Å². The third-order valence-corrected chi connectivity index (χ3v) is 3.69. The number of carboxylic acids is 1. The smallest absolute Gasteiger partial charge is 0.307 e. The second-order valence-electron chi connectivity index (χ2n) is 4.86. The molecule has 1 saturated carbocycles. The van der Waals surface area contributed by atoms with Crippen LogP contribution < -0.4 is 4.90 Å². The molecule has 1 aliphatic carbocycles. The average molecular weight is 265 g/mol. The zero-order valence-corrected chi connectivity index (χ0v) is 10.7. The van der Waals surface area contributed by atoms with Gasteiger partial charge >= 0.3 is 5.97 Å². The van der Waals surface area contributed by atoms with E-state index < -0.39 is 17.8 Å². The van der Waals surface area contributed by atoms with Gasteiger partial charge in [0.25, 0.3) is 0 Å². The Morgan fingerprint density at radius 1 is 1.21 bits per heavy atom. The number of nitrogens with zero attached hydrogens (tertiary/aromatic N) is 1. The molecule has 0 spiro atoms. The zero-order valence-electron chi connectivity index (χ0n) is 10.7. The van der Waals surface area contributed by atoms with Crippen molar-refractivity contribution in [2.45, 2.75) is 19.3 Å². The second-order valence-corrected chi connectivity index (χ2v) is 4.86. The Balaban J connectivity index is 2.14. The Morgan fingerprint density at radius 2 is 1.79 bits per heavy atom. The predicted octanol–water partition coefficient (Wildman–Crippen LogP) is 2.29. The molecule has 0 heterocycles. The van der Waals surface area contributed by atoms with Gasteiger partial charge in [-0.1, -0.05) is 6.42 Å². The summed E-state index contributed by atoms with van der Waals surface area (Å²) in [5, 5.41) is 9.10. The number of benzene rings is 1. The molecule has 5 heteroatoms. The van der Waals surface area contributed by atoms with E-state index in [-0.39, 0.29) is 11.7 Å². The van der Waals surface area contributed by atoms with Gasteiger partial charge in [-0.05, 0) is 37.1 Å². The quantitative estimate of drug-likeness (QED) is 0.912. The Hall–Kier alpha value is -1.91. The SMILES string of the molecule is CN(C(=O)C1CCCC1C(=O)O)c1ccc(F)cc1. The minimum absolute atomic E-state index is 0.212. The van der Waals surface area contributed by atoms with E-state index in [2.05, 4.69) is 0 Å². The van der Waals surface area contributed by atoms with Crippen molar-refractivity contribution in [3.05, 3.63) is 30.1 Å². The van der Waals surface area contributed by atoms with Gasteiger partial charge in [0.2, 0.25) is 5.91 Å². The Kier molecular flexibility index (Phi) is 3.83. The lowest BCUT2D eigenvalue weighted by atomic mass is 9.94. The highest BCUT2D eigenvalue weighted by atomic mass is 19.1. The van der Waals surface area contributed by atoms with Gasteiger partial charge in [-0.25, -0.2) is 4.39 Å². The highest BCUT2D eigenvalue weighted by molar-refractivity contribution is 5.97. The number of halogens is 1. The molecule has 1 amide bonds. The highest BCUT2D eigenvalue weighted by Crippen LogP contribution is 2.34. The summed E-state index contributed by atoms with van der Waals surface area (Å²) in [5.74, 6) is -2.57. The van der Waals surface area contributed by atoms with Crippen LogP contribution in [-0.2, 0) is 9.59 Å². The molecule has 1 aromatic carbocycles. The number of anilines is 1. The zero-order chi connectivity index (χ0) is 14.0. The molecule has 19 heavy (non-hydrogen) atoms. The molecule has 1 aromatic rings. The summed E-state index contributed by atoms with van der Waals surface area (Å²) in [5.41, 5.74) is 0.572. The fourth-order valence-electron chi connectivity index (χ4n) is 2.59. The van der Waals surface area contributed by atoms with Crippen molar-refractivity contribution in [1.29, 1.82) is 0 Å². The number of aliphatic carboxylic acids is 1. The fourth-order valence-corrected chi connectivity index (χ4v) is 2.59. The number of rotatable bonds is 3. The minimum atomic E-state index is -0.914. The summed E-state index contributed by atoms with van der Waals surface area (Å²) in [7, 11) is 1.59. The van der Waals surface area contributed by atoms with E-state index in [1.165, 1.54) is 29.2 Å². The molecule has 102 valence electrons. The van der Waals surface area contributed by atoms with Crippen molar-refractivity contribution in [1.82, 2.24) is 0 Å². The molecule has 0 saturated heterocycles. The van der Waals surface area contributed by atoms with Crippen LogP contribution in [-0.4, -0.2) is 24.0 Å². The first kappa shape index (κ1) is 13.5. The standard InChI is InChI=1S/C14H16FNO3/c1-16(10-7-5-9(15)6-8-10)13(17)11-3-2-4-12(11)14(18)19/h5-8,11-12H,2-4H2,1H3,(H,18,19). The topological polar surface area (TPSA) is 57.6 Å². The molecule has 0 aromatic heterocycles. The van der Waals surface area contributed by atoms with Crippen LogP contribution in [0.2, 0.25) is 0 Å². The van der Waals surface area contributed by atoms with Crippen LogP contribution in [0.5, 0.6) is 0 Å². The van der Waals surface area contributed by atoms with Crippen LogP contribution in [0.3, 0.4) is 0 Å². The van der Waals surface area contributed by atoms with E-state index in [9.17, 15) is 14.0 Å². The molecule has 0 radical (unpaired) electrons. The summed E-state index contributed by atoms with van der Waals surface area (Å²) >= 11 is 0. The summed E-state index contributed by atoms with van der Waals surface area (Å²) < 4.78 is 12.8. The fraction of sp³-hybridized carbons (Fsp3) is 0.429. The van der Waals surface area contributed by atoms with Gasteiger partial charge in [-0.15, -0.1) is 0 Å². The first-order valence-electron chi connectivity index (χ1n) is 6.26. The Bertz CT molecular complexity index is 486. The van der Waals surface area contributed by atoms with Crippen molar-refractivity contribution >= 4 is 17.6 Å². The maximum absolute atomic E-state index is 12.8. The Labute approximate surface area is 110 Å². The molecule has 1 fully saturated rings. The normalized spacial score (nSPS) is 22.2. The lowest BCUT2D eigenvalue weighted by Crippen LogP contribution is -2.36. The van der Waals surface area contributed by atoms with Crippen LogP contribution in [0.15, 0.2) is 24.3 Å². The van der Waals surface area contributed by atoms with Gasteiger partial charge in [-0.3, -0.25) is 9.59 Å². The minimum Gasteiger partial charge on any atom is -0.481 e. The second kappa shape index (κ2) is 5.38. The average Bonchev–Trinajstić information content (AvgIpc) is 2.87. The Morgan fingerprint density at radius 3 is 2.37 bits per heavy atom. The van der Waals surface area contributed by atoms with Crippen molar-refractivity contribution in [2.75, 3.05) is 11.9 Å².